The van der Waals surface area contributed by atoms with E-state index in [1.54, 1.807) is 4.90 Å². The largest absolute Gasteiger partial charge is 0.444 e. The van der Waals surface area contributed by atoms with Crippen molar-refractivity contribution in [1.82, 2.24) is 4.90 Å². The minimum Gasteiger partial charge on any atom is -0.444 e. The van der Waals surface area contributed by atoms with Gasteiger partial charge in [-0.3, -0.25) is 4.79 Å². The molecule has 0 bridgehead atoms. The lowest BCUT2D eigenvalue weighted by molar-refractivity contribution is 0.0207. The molecule has 6 nitrogen and oxygen atoms in total. The summed E-state index contributed by atoms with van der Waals surface area (Å²) >= 11 is 1.44. The van der Waals surface area contributed by atoms with Gasteiger partial charge in [0.05, 0.1) is 10.6 Å². The van der Waals surface area contributed by atoms with Crippen LogP contribution in [0, 0.1) is 0 Å². The molecule has 0 saturated carbocycles. The Labute approximate surface area is 182 Å². The van der Waals surface area contributed by atoms with Crippen LogP contribution >= 0.6 is 11.3 Å². The second-order valence-electron chi connectivity index (χ2n) is 8.92. The van der Waals surface area contributed by atoms with E-state index in [0.29, 0.717) is 36.5 Å². The van der Waals surface area contributed by atoms with Crippen molar-refractivity contribution in [2.24, 2.45) is 5.73 Å². The van der Waals surface area contributed by atoms with Crippen molar-refractivity contribution in [3.05, 3.63) is 51.9 Å². The average molecular weight is 430 g/mol. The molecule has 1 aromatic carbocycles. The summed E-state index contributed by atoms with van der Waals surface area (Å²) in [6, 6.07) is 10.3. The van der Waals surface area contributed by atoms with Gasteiger partial charge in [-0.15, -0.1) is 11.3 Å². The summed E-state index contributed by atoms with van der Waals surface area (Å²) in [5.41, 5.74) is 13.5. The molecule has 0 fully saturated rings. The first-order valence-electron chi connectivity index (χ1n) is 10.3. The summed E-state index contributed by atoms with van der Waals surface area (Å²) in [5, 5.41) is 0.482. The van der Waals surface area contributed by atoms with Crippen molar-refractivity contribution in [1.29, 1.82) is 0 Å². The van der Waals surface area contributed by atoms with E-state index in [1.165, 1.54) is 16.9 Å². The maximum absolute atomic E-state index is 12.9. The number of amides is 2. The number of rotatable bonds is 5. The molecule has 1 unspecified atom stereocenters. The summed E-state index contributed by atoms with van der Waals surface area (Å²) in [6.07, 6.45) is 1.88. The number of hydrogen-bond acceptors (Lipinski definition) is 5. The van der Waals surface area contributed by atoms with E-state index in [9.17, 15) is 9.59 Å². The highest BCUT2D eigenvalue weighted by molar-refractivity contribution is 7.16. The zero-order valence-corrected chi connectivity index (χ0v) is 19.0. The van der Waals surface area contributed by atoms with Crippen LogP contribution in [0.25, 0.3) is 0 Å². The molecule has 1 aromatic heterocycles. The third kappa shape index (κ3) is 4.46. The van der Waals surface area contributed by atoms with Gasteiger partial charge in [-0.2, -0.15) is 0 Å². The first kappa shape index (κ1) is 22.2. The Hall–Kier alpha value is -2.54. The topological polar surface area (TPSA) is 98.6 Å². The van der Waals surface area contributed by atoms with Crippen molar-refractivity contribution in [2.45, 2.75) is 58.0 Å². The second kappa shape index (κ2) is 8.30. The van der Waals surface area contributed by atoms with Gasteiger partial charge in [0.2, 0.25) is 0 Å². The zero-order chi connectivity index (χ0) is 22.1. The Kier molecular flexibility index (Phi) is 6.13. The minimum atomic E-state index is -0.553. The Morgan fingerprint density at radius 3 is 2.47 bits per heavy atom. The lowest BCUT2D eigenvalue weighted by atomic mass is 9.69. The number of thiophene rings is 1. The molecule has 1 aliphatic rings. The molecule has 30 heavy (non-hydrogen) atoms. The predicted molar refractivity (Wildman–Crippen MR) is 121 cm³/mol. The zero-order valence-electron chi connectivity index (χ0n) is 18.2. The SMILES string of the molecule is CCN(CC1(c2ccccc2)CCc2c(sc(N)c2C(N)=O)C1)C(=O)OC(C)(C)C. The number of nitrogen functional groups attached to an aromatic ring is 1. The van der Waals surface area contributed by atoms with Gasteiger partial charge in [0, 0.05) is 23.4 Å². The molecule has 0 spiro atoms. The van der Waals surface area contributed by atoms with Crippen LogP contribution in [0.5, 0.6) is 0 Å². The highest BCUT2D eigenvalue weighted by Crippen LogP contribution is 2.45. The number of primary amides is 1. The smallest absolute Gasteiger partial charge is 0.410 e. The van der Waals surface area contributed by atoms with Gasteiger partial charge >= 0.3 is 6.09 Å². The fraction of sp³-hybridized carbons (Fsp3) is 0.478. The van der Waals surface area contributed by atoms with Gasteiger partial charge in [0.1, 0.15) is 5.60 Å². The van der Waals surface area contributed by atoms with Crippen LogP contribution in [0.15, 0.2) is 30.3 Å². The predicted octanol–water partition coefficient (Wildman–Crippen LogP) is 4.11. The third-order valence-electron chi connectivity index (χ3n) is 5.63. The molecule has 0 saturated heterocycles. The molecule has 1 heterocycles. The van der Waals surface area contributed by atoms with Gasteiger partial charge < -0.3 is 21.1 Å². The van der Waals surface area contributed by atoms with E-state index in [0.717, 1.165) is 16.9 Å². The maximum atomic E-state index is 12.9. The Morgan fingerprint density at radius 1 is 1.23 bits per heavy atom. The van der Waals surface area contributed by atoms with Gasteiger partial charge in [-0.05, 0) is 58.1 Å². The summed E-state index contributed by atoms with van der Waals surface area (Å²) in [4.78, 5) is 27.6. The molecular weight excluding hydrogens is 398 g/mol. The Balaban J connectivity index is 1.99. The van der Waals surface area contributed by atoms with E-state index in [2.05, 4.69) is 12.1 Å². The van der Waals surface area contributed by atoms with Crippen LogP contribution in [-0.2, 0) is 23.0 Å². The number of nitrogens with zero attached hydrogens (tertiary/aromatic N) is 1. The van der Waals surface area contributed by atoms with Crippen LogP contribution in [-0.4, -0.2) is 35.6 Å². The number of fused-ring (bicyclic) bond motifs is 1. The molecule has 1 aliphatic carbocycles. The van der Waals surface area contributed by atoms with Crippen LogP contribution in [0.2, 0.25) is 0 Å². The number of benzene rings is 1. The molecule has 0 aliphatic heterocycles. The van der Waals surface area contributed by atoms with Gasteiger partial charge in [0.15, 0.2) is 0 Å². The second-order valence-corrected chi connectivity index (χ2v) is 10.1. The van der Waals surface area contributed by atoms with Gasteiger partial charge in [-0.25, -0.2) is 4.79 Å². The normalized spacial score (nSPS) is 18.5. The van der Waals surface area contributed by atoms with Crippen LogP contribution in [0.4, 0.5) is 9.80 Å². The molecule has 0 radical (unpaired) electrons. The van der Waals surface area contributed by atoms with Gasteiger partial charge in [0.25, 0.3) is 5.91 Å². The van der Waals surface area contributed by atoms with Crippen LogP contribution in [0.1, 0.15) is 60.5 Å². The van der Waals surface area contributed by atoms with Crippen LogP contribution < -0.4 is 11.5 Å². The van der Waals surface area contributed by atoms with E-state index in [4.69, 9.17) is 16.2 Å². The minimum absolute atomic E-state index is 0.284. The Morgan fingerprint density at radius 2 is 1.90 bits per heavy atom. The number of ether oxygens (including phenoxy) is 1. The number of carbonyl (C=O) groups excluding carboxylic acids is 2. The Bertz CT molecular complexity index is 933. The summed E-state index contributed by atoms with van der Waals surface area (Å²) < 4.78 is 5.65. The number of likely N-dealkylation sites (N-methyl/N-ethyl adjacent to an activating group) is 1. The molecule has 3 rings (SSSR count). The summed E-state index contributed by atoms with van der Waals surface area (Å²) in [7, 11) is 0. The van der Waals surface area contributed by atoms with Crippen molar-refractivity contribution in [2.75, 3.05) is 18.8 Å². The molecule has 162 valence electrons. The van der Waals surface area contributed by atoms with Crippen molar-refractivity contribution in [3.8, 4) is 0 Å². The first-order valence-corrected chi connectivity index (χ1v) is 11.1. The number of nitrogens with two attached hydrogens (primary N) is 2. The van der Waals surface area contributed by atoms with E-state index in [-0.39, 0.29) is 11.5 Å². The van der Waals surface area contributed by atoms with E-state index in [1.807, 2.05) is 45.9 Å². The summed E-state index contributed by atoms with van der Waals surface area (Å²) in [6.45, 7) is 8.67. The highest BCUT2D eigenvalue weighted by Gasteiger charge is 2.41. The number of carbonyl (C=O) groups is 2. The first-order chi connectivity index (χ1) is 14.1. The molecule has 2 amide bonds. The number of hydrogen-bond donors (Lipinski definition) is 2. The highest BCUT2D eigenvalue weighted by atomic mass is 32.1. The summed E-state index contributed by atoms with van der Waals surface area (Å²) in [5.74, 6) is -0.471. The fourth-order valence-corrected chi connectivity index (χ4v) is 5.50. The lowest BCUT2D eigenvalue weighted by Crippen LogP contribution is -2.48. The van der Waals surface area contributed by atoms with E-state index >= 15 is 0 Å². The maximum Gasteiger partial charge on any atom is 0.410 e. The van der Waals surface area contributed by atoms with Crippen molar-refractivity contribution >= 4 is 28.3 Å². The quantitative estimate of drug-likeness (QED) is 0.747. The van der Waals surface area contributed by atoms with Crippen molar-refractivity contribution in [3.63, 3.8) is 0 Å². The standard InChI is InChI=1S/C23H31N3O3S/c1-5-26(21(28)29-22(2,3)4)14-23(15-9-7-6-8-10-15)12-11-16-17(13-23)30-20(25)18(16)19(24)27/h6-10H,5,11-14,25H2,1-4H3,(H2,24,27). The van der Waals surface area contributed by atoms with E-state index < -0.39 is 11.5 Å². The van der Waals surface area contributed by atoms with Crippen LogP contribution in [0.3, 0.4) is 0 Å². The molecule has 7 heteroatoms. The molecule has 4 N–H and O–H groups in total. The van der Waals surface area contributed by atoms with Crippen molar-refractivity contribution < 1.29 is 14.3 Å². The molecule has 1 atom stereocenters. The average Bonchev–Trinajstić information content (AvgIpc) is 3.00. The molecular formula is C23H31N3O3S. The monoisotopic (exact) mass is 429 g/mol. The molecule has 2 aromatic rings. The fourth-order valence-electron chi connectivity index (χ4n) is 4.23. The lowest BCUT2D eigenvalue weighted by Gasteiger charge is -2.41. The van der Waals surface area contributed by atoms with Gasteiger partial charge in [-0.1, -0.05) is 30.3 Å². The number of anilines is 1. The third-order valence-corrected chi connectivity index (χ3v) is 6.69.